The lowest BCUT2D eigenvalue weighted by atomic mass is 9.78. The number of pyridine rings is 1. The molecule has 1 aliphatic heterocycles. The molecule has 0 atom stereocenters. The van der Waals surface area contributed by atoms with Gasteiger partial charge in [0, 0.05) is 18.8 Å². The smallest absolute Gasteiger partial charge is 0.139 e. The van der Waals surface area contributed by atoms with Crippen molar-refractivity contribution in [1.29, 1.82) is 0 Å². The van der Waals surface area contributed by atoms with E-state index in [0.29, 0.717) is 10.4 Å². The molecule has 2 heterocycles. The normalized spacial score (nSPS) is 18.4. The first kappa shape index (κ1) is 14.3. The van der Waals surface area contributed by atoms with Crippen LogP contribution in [-0.2, 0) is 0 Å². The highest BCUT2D eigenvalue weighted by atomic mass is 32.1. The maximum Gasteiger partial charge on any atom is 0.139 e. The second-order valence-corrected chi connectivity index (χ2v) is 6.28. The standard InChI is InChI=1S/C15H23N3S/c1-4-15(3)7-9-18(10-8-15)14-12(13(16)19)6-5-11(2)17-14/h5-6H,4,7-10H2,1-3H3,(H2,16,19). The third-order valence-corrected chi connectivity index (χ3v) is 4.62. The molecular formula is C15H23N3S. The van der Waals surface area contributed by atoms with Gasteiger partial charge in [-0.1, -0.05) is 32.5 Å². The molecule has 2 rings (SSSR count). The van der Waals surface area contributed by atoms with Crippen LogP contribution >= 0.6 is 12.2 Å². The van der Waals surface area contributed by atoms with E-state index >= 15 is 0 Å². The molecule has 1 aromatic heterocycles. The van der Waals surface area contributed by atoms with E-state index in [1.165, 1.54) is 19.3 Å². The van der Waals surface area contributed by atoms with E-state index < -0.39 is 0 Å². The minimum absolute atomic E-state index is 0.436. The highest BCUT2D eigenvalue weighted by Gasteiger charge is 2.29. The van der Waals surface area contributed by atoms with Crippen molar-refractivity contribution in [2.75, 3.05) is 18.0 Å². The number of piperidine rings is 1. The fraction of sp³-hybridized carbons (Fsp3) is 0.600. The first-order chi connectivity index (χ1) is 8.95. The Morgan fingerprint density at radius 1 is 1.42 bits per heavy atom. The summed E-state index contributed by atoms with van der Waals surface area (Å²) in [5.74, 6) is 0.964. The number of hydrogen-bond donors (Lipinski definition) is 1. The molecule has 0 amide bonds. The predicted octanol–water partition coefficient (Wildman–Crippen LogP) is 3.04. The van der Waals surface area contributed by atoms with Crippen molar-refractivity contribution >= 4 is 23.0 Å². The molecule has 0 unspecified atom stereocenters. The van der Waals surface area contributed by atoms with E-state index in [2.05, 4.69) is 23.7 Å². The van der Waals surface area contributed by atoms with Gasteiger partial charge in [0.05, 0.1) is 5.56 Å². The number of nitrogens with zero attached hydrogens (tertiary/aromatic N) is 2. The maximum absolute atomic E-state index is 5.82. The summed E-state index contributed by atoms with van der Waals surface area (Å²) in [5, 5.41) is 0. The molecule has 1 saturated heterocycles. The van der Waals surface area contributed by atoms with E-state index in [1.807, 2.05) is 19.1 Å². The van der Waals surface area contributed by atoms with Crippen LogP contribution < -0.4 is 10.6 Å². The summed E-state index contributed by atoms with van der Waals surface area (Å²) in [6.07, 6.45) is 3.65. The predicted molar refractivity (Wildman–Crippen MR) is 84.7 cm³/mol. The zero-order valence-electron chi connectivity index (χ0n) is 12.1. The first-order valence-corrected chi connectivity index (χ1v) is 7.38. The van der Waals surface area contributed by atoms with Crippen LogP contribution in [0, 0.1) is 12.3 Å². The number of aryl methyl sites for hydroxylation is 1. The van der Waals surface area contributed by atoms with Crippen LogP contribution in [0.2, 0.25) is 0 Å². The van der Waals surface area contributed by atoms with Gasteiger partial charge in [0.2, 0.25) is 0 Å². The average Bonchev–Trinajstić information content (AvgIpc) is 2.39. The van der Waals surface area contributed by atoms with Gasteiger partial charge >= 0.3 is 0 Å². The number of anilines is 1. The Bertz CT molecular complexity index is 476. The molecule has 0 aromatic carbocycles. The molecular weight excluding hydrogens is 254 g/mol. The Balaban J connectivity index is 2.24. The molecule has 2 N–H and O–H groups in total. The SMILES string of the molecule is CCC1(C)CCN(c2nc(C)ccc2C(N)=S)CC1. The van der Waals surface area contributed by atoms with E-state index in [1.54, 1.807) is 0 Å². The molecule has 0 radical (unpaired) electrons. The fourth-order valence-corrected chi connectivity index (χ4v) is 2.75. The van der Waals surface area contributed by atoms with Gasteiger partial charge in [-0.05, 0) is 37.3 Å². The summed E-state index contributed by atoms with van der Waals surface area (Å²) in [6, 6.07) is 3.96. The second kappa shape index (κ2) is 5.45. The number of rotatable bonds is 3. The summed E-state index contributed by atoms with van der Waals surface area (Å²) >= 11 is 5.14. The minimum atomic E-state index is 0.436. The summed E-state index contributed by atoms with van der Waals surface area (Å²) in [5.41, 5.74) is 8.21. The molecule has 1 aromatic rings. The Labute approximate surface area is 121 Å². The van der Waals surface area contributed by atoms with Crippen LogP contribution in [0.15, 0.2) is 12.1 Å². The largest absolute Gasteiger partial charge is 0.389 e. The number of thiocarbonyl (C=S) groups is 1. The average molecular weight is 277 g/mol. The lowest BCUT2D eigenvalue weighted by Crippen LogP contribution is -2.39. The monoisotopic (exact) mass is 277 g/mol. The molecule has 0 aliphatic carbocycles. The van der Waals surface area contributed by atoms with Crippen LogP contribution in [0.4, 0.5) is 5.82 Å². The van der Waals surface area contributed by atoms with Gasteiger partial charge < -0.3 is 10.6 Å². The minimum Gasteiger partial charge on any atom is -0.389 e. The van der Waals surface area contributed by atoms with Gasteiger partial charge in [-0.15, -0.1) is 0 Å². The van der Waals surface area contributed by atoms with Crippen LogP contribution in [0.3, 0.4) is 0 Å². The third kappa shape index (κ3) is 3.06. The summed E-state index contributed by atoms with van der Waals surface area (Å²) < 4.78 is 0. The Kier molecular flexibility index (Phi) is 4.09. The van der Waals surface area contributed by atoms with Crippen molar-refractivity contribution in [2.24, 2.45) is 11.1 Å². The Hall–Kier alpha value is -1.16. The van der Waals surface area contributed by atoms with Gasteiger partial charge in [0.15, 0.2) is 0 Å². The fourth-order valence-electron chi connectivity index (χ4n) is 2.59. The molecule has 104 valence electrons. The summed E-state index contributed by atoms with van der Waals surface area (Å²) in [4.78, 5) is 7.42. The molecule has 1 fully saturated rings. The van der Waals surface area contributed by atoms with E-state index in [4.69, 9.17) is 18.0 Å². The van der Waals surface area contributed by atoms with Crippen LogP contribution in [-0.4, -0.2) is 23.1 Å². The molecule has 0 spiro atoms. The van der Waals surface area contributed by atoms with Crippen LogP contribution in [0.5, 0.6) is 0 Å². The highest BCUT2D eigenvalue weighted by molar-refractivity contribution is 7.80. The van der Waals surface area contributed by atoms with Crippen molar-refractivity contribution in [3.63, 3.8) is 0 Å². The van der Waals surface area contributed by atoms with E-state index in [0.717, 1.165) is 30.2 Å². The lowest BCUT2D eigenvalue weighted by molar-refractivity contribution is 0.237. The summed E-state index contributed by atoms with van der Waals surface area (Å²) in [7, 11) is 0. The summed E-state index contributed by atoms with van der Waals surface area (Å²) in [6.45, 7) is 8.74. The van der Waals surface area contributed by atoms with E-state index in [9.17, 15) is 0 Å². The first-order valence-electron chi connectivity index (χ1n) is 6.97. The molecule has 19 heavy (non-hydrogen) atoms. The zero-order chi connectivity index (χ0) is 14.0. The maximum atomic E-state index is 5.82. The van der Waals surface area contributed by atoms with Crippen molar-refractivity contribution < 1.29 is 0 Å². The van der Waals surface area contributed by atoms with E-state index in [-0.39, 0.29) is 0 Å². The van der Waals surface area contributed by atoms with Crippen LogP contribution in [0.25, 0.3) is 0 Å². The molecule has 1 aliphatic rings. The quantitative estimate of drug-likeness (QED) is 0.862. The molecule has 3 nitrogen and oxygen atoms in total. The zero-order valence-corrected chi connectivity index (χ0v) is 12.9. The Morgan fingerprint density at radius 2 is 2.05 bits per heavy atom. The van der Waals surface area contributed by atoms with Gasteiger partial charge in [-0.3, -0.25) is 0 Å². The topological polar surface area (TPSA) is 42.2 Å². The van der Waals surface area contributed by atoms with Crippen molar-refractivity contribution in [2.45, 2.75) is 40.0 Å². The number of hydrogen-bond acceptors (Lipinski definition) is 3. The van der Waals surface area contributed by atoms with Gasteiger partial charge in [0.1, 0.15) is 10.8 Å². The Morgan fingerprint density at radius 3 is 2.58 bits per heavy atom. The van der Waals surface area contributed by atoms with Crippen LogP contribution in [0.1, 0.15) is 44.4 Å². The van der Waals surface area contributed by atoms with Crippen molar-refractivity contribution in [3.8, 4) is 0 Å². The second-order valence-electron chi connectivity index (χ2n) is 5.84. The van der Waals surface area contributed by atoms with Gasteiger partial charge in [-0.25, -0.2) is 4.98 Å². The number of aromatic nitrogens is 1. The van der Waals surface area contributed by atoms with Gasteiger partial charge in [0.25, 0.3) is 0 Å². The molecule has 4 heteroatoms. The third-order valence-electron chi connectivity index (χ3n) is 4.40. The van der Waals surface area contributed by atoms with Crippen molar-refractivity contribution in [3.05, 3.63) is 23.4 Å². The lowest BCUT2D eigenvalue weighted by Gasteiger charge is -2.40. The van der Waals surface area contributed by atoms with Crippen molar-refractivity contribution in [1.82, 2.24) is 4.98 Å². The molecule has 0 bridgehead atoms. The molecule has 0 saturated carbocycles. The number of nitrogens with two attached hydrogens (primary N) is 1. The van der Waals surface area contributed by atoms with Gasteiger partial charge in [-0.2, -0.15) is 0 Å². The highest BCUT2D eigenvalue weighted by Crippen LogP contribution is 2.35.